The maximum absolute atomic E-state index is 11.6. The van der Waals surface area contributed by atoms with Gasteiger partial charge in [0.05, 0.1) is 12.2 Å². The molecule has 0 saturated carbocycles. The Hall–Kier alpha value is -1.98. The maximum Gasteiger partial charge on any atom is 0.320 e. The minimum absolute atomic E-state index is 0.119. The van der Waals surface area contributed by atoms with Crippen molar-refractivity contribution < 1.29 is 9.53 Å². The summed E-state index contributed by atoms with van der Waals surface area (Å²) in [4.78, 5) is 19.6. The van der Waals surface area contributed by atoms with E-state index in [0.717, 1.165) is 17.0 Å². The van der Waals surface area contributed by atoms with Crippen LogP contribution in [0.25, 0.3) is 0 Å². The minimum Gasteiger partial charge on any atom is -0.460 e. The van der Waals surface area contributed by atoms with E-state index in [9.17, 15) is 4.79 Å². The number of ether oxygens (including phenoxy) is 1. The Morgan fingerprint density at radius 2 is 2.05 bits per heavy atom. The lowest BCUT2D eigenvalue weighted by molar-refractivity contribution is -0.143. The molecule has 0 amide bonds. The summed E-state index contributed by atoms with van der Waals surface area (Å²) in [5.74, 6) is -0.310. The van der Waals surface area contributed by atoms with Crippen LogP contribution in [0.3, 0.4) is 0 Å². The average Bonchev–Trinajstić information content (AvgIpc) is 2.45. The van der Waals surface area contributed by atoms with Gasteiger partial charge in [0.25, 0.3) is 0 Å². The fourth-order valence-electron chi connectivity index (χ4n) is 1.77. The summed E-state index contributed by atoms with van der Waals surface area (Å²) in [7, 11) is 0. The van der Waals surface area contributed by atoms with E-state index in [2.05, 4.69) is 15.3 Å². The Morgan fingerprint density at radius 1 is 1.29 bits per heavy atom. The van der Waals surface area contributed by atoms with Crippen LogP contribution in [-0.2, 0) is 22.7 Å². The van der Waals surface area contributed by atoms with Crippen LogP contribution >= 0.6 is 11.6 Å². The number of nitrogens with zero attached hydrogens (tertiary/aromatic N) is 2. The van der Waals surface area contributed by atoms with Gasteiger partial charge < -0.3 is 10.1 Å². The third kappa shape index (κ3) is 5.49. The van der Waals surface area contributed by atoms with Crippen molar-refractivity contribution >= 4 is 17.6 Å². The lowest BCUT2D eigenvalue weighted by atomic mass is 10.2. The molecule has 0 fully saturated rings. The molecule has 5 nitrogen and oxygen atoms in total. The molecular weight excluding hydrogens is 290 g/mol. The van der Waals surface area contributed by atoms with E-state index in [1.807, 2.05) is 43.3 Å². The molecule has 0 unspecified atom stereocenters. The molecule has 0 bridgehead atoms. The second-order valence-electron chi connectivity index (χ2n) is 4.52. The van der Waals surface area contributed by atoms with Crippen LogP contribution in [0.1, 0.15) is 17.0 Å². The normalized spacial score (nSPS) is 10.4. The van der Waals surface area contributed by atoms with Gasteiger partial charge in [0.1, 0.15) is 6.61 Å². The van der Waals surface area contributed by atoms with Gasteiger partial charge in [-0.05, 0) is 30.2 Å². The van der Waals surface area contributed by atoms with Gasteiger partial charge in [-0.3, -0.25) is 4.79 Å². The first-order valence-corrected chi connectivity index (χ1v) is 6.91. The van der Waals surface area contributed by atoms with E-state index in [-0.39, 0.29) is 24.4 Å². The predicted molar refractivity (Wildman–Crippen MR) is 79.7 cm³/mol. The molecule has 1 heterocycles. The van der Waals surface area contributed by atoms with Gasteiger partial charge in [-0.2, -0.15) is 0 Å². The predicted octanol–water partition coefficient (Wildman–Crippen LogP) is 2.27. The number of aromatic nitrogens is 2. The SMILES string of the molecule is Cc1cc(CNCC(=O)OCc2ccccc2)nc(Cl)n1. The van der Waals surface area contributed by atoms with Crippen molar-refractivity contribution in [2.45, 2.75) is 20.1 Å². The summed E-state index contributed by atoms with van der Waals surface area (Å²) < 4.78 is 5.15. The van der Waals surface area contributed by atoms with E-state index in [0.29, 0.717) is 6.54 Å². The third-order valence-electron chi connectivity index (χ3n) is 2.70. The molecular formula is C15H16ClN3O2. The Bertz CT molecular complexity index is 585. The number of benzene rings is 1. The summed E-state index contributed by atoms with van der Waals surface area (Å²) in [5, 5.41) is 3.18. The van der Waals surface area contributed by atoms with Gasteiger partial charge in [0.2, 0.25) is 5.28 Å². The van der Waals surface area contributed by atoms with Crippen LogP contribution in [0.15, 0.2) is 36.4 Å². The fraction of sp³-hybridized carbons (Fsp3) is 0.267. The molecule has 0 spiro atoms. The fourth-order valence-corrected chi connectivity index (χ4v) is 2.01. The number of carbonyl (C=O) groups is 1. The molecule has 0 radical (unpaired) electrons. The smallest absolute Gasteiger partial charge is 0.320 e. The number of halogens is 1. The van der Waals surface area contributed by atoms with E-state index in [4.69, 9.17) is 16.3 Å². The molecule has 0 saturated heterocycles. The standard InChI is InChI=1S/C15H16ClN3O2/c1-11-7-13(19-15(16)18-11)8-17-9-14(20)21-10-12-5-3-2-4-6-12/h2-7,17H,8-10H2,1H3. The molecule has 1 aromatic carbocycles. The Labute approximate surface area is 128 Å². The summed E-state index contributed by atoms with van der Waals surface area (Å²) in [6.45, 7) is 2.67. The van der Waals surface area contributed by atoms with Crippen molar-refractivity contribution in [3.63, 3.8) is 0 Å². The third-order valence-corrected chi connectivity index (χ3v) is 2.87. The first kappa shape index (κ1) is 15.4. The number of carbonyl (C=O) groups excluding carboxylic acids is 1. The second-order valence-corrected chi connectivity index (χ2v) is 4.86. The van der Waals surface area contributed by atoms with Gasteiger partial charge in [0, 0.05) is 12.2 Å². The number of aryl methyl sites for hydroxylation is 1. The first-order chi connectivity index (χ1) is 10.1. The number of esters is 1. The van der Waals surface area contributed by atoms with Crippen LogP contribution in [0.4, 0.5) is 0 Å². The van der Waals surface area contributed by atoms with E-state index in [1.54, 1.807) is 0 Å². The molecule has 0 atom stereocenters. The average molecular weight is 306 g/mol. The van der Waals surface area contributed by atoms with Crippen molar-refractivity contribution in [3.8, 4) is 0 Å². The van der Waals surface area contributed by atoms with Crippen LogP contribution in [0, 0.1) is 6.92 Å². The minimum atomic E-state index is -0.310. The first-order valence-electron chi connectivity index (χ1n) is 6.54. The van der Waals surface area contributed by atoms with Crippen LogP contribution in [-0.4, -0.2) is 22.5 Å². The van der Waals surface area contributed by atoms with Gasteiger partial charge in [-0.15, -0.1) is 0 Å². The lowest BCUT2D eigenvalue weighted by Crippen LogP contribution is -2.24. The molecule has 0 aliphatic heterocycles. The molecule has 1 aromatic heterocycles. The highest BCUT2D eigenvalue weighted by atomic mass is 35.5. The van der Waals surface area contributed by atoms with Crippen molar-refractivity contribution in [3.05, 3.63) is 58.6 Å². The summed E-state index contributed by atoms with van der Waals surface area (Å²) in [6, 6.07) is 11.4. The summed E-state index contributed by atoms with van der Waals surface area (Å²) in [5.41, 5.74) is 2.49. The molecule has 0 aliphatic rings. The zero-order valence-electron chi connectivity index (χ0n) is 11.7. The van der Waals surface area contributed by atoms with Gasteiger partial charge in [-0.1, -0.05) is 30.3 Å². The largest absolute Gasteiger partial charge is 0.460 e. The van der Waals surface area contributed by atoms with Crippen molar-refractivity contribution in [1.29, 1.82) is 0 Å². The maximum atomic E-state index is 11.6. The summed E-state index contributed by atoms with van der Waals surface area (Å²) in [6.07, 6.45) is 0. The van der Waals surface area contributed by atoms with Crippen molar-refractivity contribution in [2.24, 2.45) is 0 Å². The second kappa shape index (κ2) is 7.71. The van der Waals surface area contributed by atoms with Gasteiger partial charge >= 0.3 is 5.97 Å². The van der Waals surface area contributed by atoms with E-state index < -0.39 is 0 Å². The molecule has 6 heteroatoms. The van der Waals surface area contributed by atoms with Gasteiger partial charge in [-0.25, -0.2) is 9.97 Å². The highest BCUT2D eigenvalue weighted by molar-refractivity contribution is 6.28. The van der Waals surface area contributed by atoms with Crippen LogP contribution in [0.2, 0.25) is 5.28 Å². The van der Waals surface area contributed by atoms with Crippen LogP contribution in [0.5, 0.6) is 0 Å². The topological polar surface area (TPSA) is 64.1 Å². The van der Waals surface area contributed by atoms with Crippen LogP contribution < -0.4 is 5.32 Å². The van der Waals surface area contributed by atoms with Gasteiger partial charge in [0.15, 0.2) is 0 Å². The Morgan fingerprint density at radius 3 is 2.76 bits per heavy atom. The monoisotopic (exact) mass is 305 g/mol. The molecule has 110 valence electrons. The lowest BCUT2D eigenvalue weighted by Gasteiger charge is -2.07. The number of hydrogen-bond donors (Lipinski definition) is 1. The number of nitrogens with one attached hydrogen (secondary N) is 1. The molecule has 21 heavy (non-hydrogen) atoms. The number of hydrogen-bond acceptors (Lipinski definition) is 5. The highest BCUT2D eigenvalue weighted by Crippen LogP contribution is 2.05. The zero-order chi connectivity index (χ0) is 15.1. The molecule has 2 rings (SSSR count). The van der Waals surface area contributed by atoms with E-state index in [1.165, 1.54) is 0 Å². The molecule has 1 N–H and O–H groups in total. The van der Waals surface area contributed by atoms with Crippen molar-refractivity contribution in [1.82, 2.24) is 15.3 Å². The molecule has 2 aromatic rings. The Kier molecular flexibility index (Phi) is 5.66. The van der Waals surface area contributed by atoms with Crippen molar-refractivity contribution in [2.75, 3.05) is 6.54 Å². The highest BCUT2D eigenvalue weighted by Gasteiger charge is 2.04. The zero-order valence-corrected chi connectivity index (χ0v) is 12.4. The quantitative estimate of drug-likeness (QED) is 0.655. The number of rotatable bonds is 6. The van der Waals surface area contributed by atoms with E-state index >= 15 is 0 Å². The molecule has 0 aliphatic carbocycles. The summed E-state index contributed by atoms with van der Waals surface area (Å²) >= 11 is 5.77. The Balaban J connectivity index is 1.72.